The van der Waals surface area contributed by atoms with Crippen molar-refractivity contribution in [2.75, 3.05) is 0 Å². The fraction of sp³-hybridized carbons (Fsp3) is 0.333. The van der Waals surface area contributed by atoms with E-state index in [1.54, 1.807) is 13.8 Å². The Morgan fingerprint density at radius 3 is 2.26 bits per heavy atom. The third-order valence-corrected chi connectivity index (χ3v) is 2.34. The SMILES string of the molecule is CC(C)c1c(OC(=O)C(F)(F)F)cccc1C(N)=O. The van der Waals surface area contributed by atoms with Crippen molar-refractivity contribution in [2.45, 2.75) is 25.9 Å². The lowest BCUT2D eigenvalue weighted by molar-refractivity contribution is -0.189. The van der Waals surface area contributed by atoms with Gasteiger partial charge in [-0.3, -0.25) is 4.79 Å². The molecule has 0 aliphatic heterocycles. The van der Waals surface area contributed by atoms with E-state index in [1.165, 1.54) is 18.2 Å². The average molecular weight is 275 g/mol. The van der Waals surface area contributed by atoms with Crippen LogP contribution in [-0.2, 0) is 4.79 Å². The van der Waals surface area contributed by atoms with Crippen molar-refractivity contribution in [1.82, 2.24) is 0 Å². The molecule has 1 aromatic rings. The fourth-order valence-corrected chi connectivity index (χ4v) is 1.60. The molecule has 0 atom stereocenters. The van der Waals surface area contributed by atoms with Gasteiger partial charge in [0.1, 0.15) is 5.75 Å². The highest BCUT2D eigenvalue weighted by Gasteiger charge is 2.41. The van der Waals surface area contributed by atoms with E-state index in [2.05, 4.69) is 4.74 Å². The Bertz CT molecular complexity index is 509. The maximum Gasteiger partial charge on any atom is 0.491 e. The molecule has 0 saturated heterocycles. The molecule has 0 aliphatic carbocycles. The van der Waals surface area contributed by atoms with Gasteiger partial charge in [0.2, 0.25) is 5.91 Å². The highest BCUT2D eigenvalue weighted by molar-refractivity contribution is 5.95. The number of nitrogens with two attached hydrogens (primary N) is 1. The topological polar surface area (TPSA) is 69.4 Å². The Kier molecular flexibility index (Phi) is 4.18. The van der Waals surface area contributed by atoms with Gasteiger partial charge in [0.15, 0.2) is 0 Å². The second kappa shape index (κ2) is 5.29. The van der Waals surface area contributed by atoms with Crippen LogP contribution < -0.4 is 10.5 Å². The number of halogens is 3. The van der Waals surface area contributed by atoms with E-state index in [4.69, 9.17) is 5.73 Å². The van der Waals surface area contributed by atoms with Gasteiger partial charge in [-0.05, 0) is 18.1 Å². The second-order valence-corrected chi connectivity index (χ2v) is 4.12. The van der Waals surface area contributed by atoms with E-state index in [-0.39, 0.29) is 22.8 Å². The summed E-state index contributed by atoms with van der Waals surface area (Å²) in [5, 5.41) is 0. The summed E-state index contributed by atoms with van der Waals surface area (Å²) in [7, 11) is 0. The third-order valence-electron chi connectivity index (χ3n) is 2.34. The zero-order valence-electron chi connectivity index (χ0n) is 10.2. The van der Waals surface area contributed by atoms with E-state index < -0.39 is 18.1 Å². The second-order valence-electron chi connectivity index (χ2n) is 4.12. The molecule has 104 valence electrons. The molecule has 4 nitrogen and oxygen atoms in total. The highest BCUT2D eigenvalue weighted by atomic mass is 19.4. The smallest absolute Gasteiger partial charge is 0.420 e. The number of carbonyl (C=O) groups excluding carboxylic acids is 2. The van der Waals surface area contributed by atoms with Gasteiger partial charge in [-0.15, -0.1) is 0 Å². The summed E-state index contributed by atoms with van der Waals surface area (Å²) >= 11 is 0. The number of hydrogen-bond donors (Lipinski definition) is 1. The molecular formula is C12H12F3NO3. The van der Waals surface area contributed by atoms with Crippen LogP contribution in [0.2, 0.25) is 0 Å². The molecule has 19 heavy (non-hydrogen) atoms. The molecule has 0 bridgehead atoms. The van der Waals surface area contributed by atoms with Crippen LogP contribution in [-0.4, -0.2) is 18.1 Å². The fourth-order valence-electron chi connectivity index (χ4n) is 1.60. The molecule has 2 N–H and O–H groups in total. The molecule has 0 radical (unpaired) electrons. The van der Waals surface area contributed by atoms with Crippen LogP contribution in [0.4, 0.5) is 13.2 Å². The Labute approximate surface area is 107 Å². The first-order valence-corrected chi connectivity index (χ1v) is 5.36. The standard InChI is InChI=1S/C12H12F3NO3/c1-6(2)9-7(10(16)17)4-3-5-8(9)19-11(18)12(13,14)15/h3-6H,1-2H3,(H2,16,17). The van der Waals surface area contributed by atoms with Crippen molar-refractivity contribution in [2.24, 2.45) is 5.73 Å². The Balaban J connectivity index is 3.25. The number of rotatable bonds is 3. The number of carbonyl (C=O) groups is 2. The van der Waals surface area contributed by atoms with Crippen molar-refractivity contribution >= 4 is 11.9 Å². The molecule has 1 rings (SSSR count). The number of amides is 1. The third kappa shape index (κ3) is 3.46. The van der Waals surface area contributed by atoms with Crippen molar-refractivity contribution < 1.29 is 27.5 Å². The van der Waals surface area contributed by atoms with Gasteiger partial charge < -0.3 is 10.5 Å². The number of primary amides is 1. The quantitative estimate of drug-likeness (QED) is 0.680. The summed E-state index contributed by atoms with van der Waals surface area (Å²) in [5.74, 6) is -3.78. The van der Waals surface area contributed by atoms with E-state index in [0.717, 1.165) is 0 Å². The van der Waals surface area contributed by atoms with Gasteiger partial charge in [0.05, 0.1) is 0 Å². The maximum atomic E-state index is 12.2. The summed E-state index contributed by atoms with van der Waals surface area (Å²) in [6, 6.07) is 3.85. The number of hydrogen-bond acceptors (Lipinski definition) is 3. The summed E-state index contributed by atoms with van der Waals surface area (Å²) in [5.41, 5.74) is 5.34. The normalized spacial score (nSPS) is 11.5. The molecular weight excluding hydrogens is 263 g/mol. The minimum absolute atomic E-state index is 0.0301. The van der Waals surface area contributed by atoms with Gasteiger partial charge >= 0.3 is 12.1 Å². The zero-order chi connectivity index (χ0) is 14.8. The monoisotopic (exact) mass is 275 g/mol. The molecule has 0 saturated carbocycles. The Hall–Kier alpha value is -2.05. The van der Waals surface area contributed by atoms with Crippen LogP contribution >= 0.6 is 0 Å². The van der Waals surface area contributed by atoms with Gasteiger partial charge in [0.25, 0.3) is 0 Å². The maximum absolute atomic E-state index is 12.2. The summed E-state index contributed by atoms with van der Waals surface area (Å²) < 4.78 is 40.8. The Morgan fingerprint density at radius 1 is 1.26 bits per heavy atom. The lowest BCUT2D eigenvalue weighted by Gasteiger charge is -2.16. The minimum Gasteiger partial charge on any atom is -0.420 e. The molecule has 1 aromatic carbocycles. The van der Waals surface area contributed by atoms with E-state index >= 15 is 0 Å². The molecule has 0 unspecified atom stereocenters. The first kappa shape index (κ1) is 15.0. The molecule has 0 aliphatic rings. The first-order chi connectivity index (χ1) is 8.64. The van der Waals surface area contributed by atoms with E-state index in [1.807, 2.05) is 0 Å². The number of ether oxygens (including phenoxy) is 1. The van der Waals surface area contributed by atoms with Crippen molar-refractivity contribution in [3.05, 3.63) is 29.3 Å². The Morgan fingerprint density at radius 2 is 1.84 bits per heavy atom. The van der Waals surface area contributed by atoms with Crippen LogP contribution in [0.25, 0.3) is 0 Å². The van der Waals surface area contributed by atoms with Crippen LogP contribution in [0.1, 0.15) is 35.7 Å². The first-order valence-electron chi connectivity index (χ1n) is 5.36. The van der Waals surface area contributed by atoms with E-state index in [0.29, 0.717) is 0 Å². The summed E-state index contributed by atoms with van der Waals surface area (Å²) in [6.45, 7) is 3.29. The minimum atomic E-state index is -5.10. The molecule has 0 heterocycles. The molecule has 0 spiro atoms. The van der Waals surface area contributed by atoms with Crippen molar-refractivity contribution in [1.29, 1.82) is 0 Å². The molecule has 0 aromatic heterocycles. The molecule has 1 amide bonds. The summed E-state index contributed by atoms with van der Waals surface area (Å²) in [4.78, 5) is 22.0. The van der Waals surface area contributed by atoms with Crippen LogP contribution in [0.3, 0.4) is 0 Å². The number of esters is 1. The average Bonchev–Trinajstić information content (AvgIpc) is 2.26. The van der Waals surface area contributed by atoms with Crippen LogP contribution in [0, 0.1) is 0 Å². The lowest BCUT2D eigenvalue weighted by Crippen LogP contribution is -2.28. The zero-order valence-corrected chi connectivity index (χ0v) is 10.2. The molecule has 0 fully saturated rings. The van der Waals surface area contributed by atoms with Gasteiger partial charge in [0, 0.05) is 11.1 Å². The van der Waals surface area contributed by atoms with Crippen molar-refractivity contribution in [3.8, 4) is 5.75 Å². The predicted molar refractivity (Wildman–Crippen MR) is 60.7 cm³/mol. The van der Waals surface area contributed by atoms with E-state index in [9.17, 15) is 22.8 Å². The molecule has 7 heteroatoms. The number of benzene rings is 1. The lowest BCUT2D eigenvalue weighted by atomic mass is 9.95. The predicted octanol–water partition coefficient (Wildman–Crippen LogP) is 2.38. The van der Waals surface area contributed by atoms with Gasteiger partial charge in [-0.25, -0.2) is 4.79 Å². The summed E-state index contributed by atoms with van der Waals surface area (Å²) in [6.07, 6.45) is -5.10. The van der Waals surface area contributed by atoms with Crippen molar-refractivity contribution in [3.63, 3.8) is 0 Å². The van der Waals surface area contributed by atoms with Crippen LogP contribution in [0.5, 0.6) is 5.75 Å². The van der Waals surface area contributed by atoms with Gasteiger partial charge in [-0.2, -0.15) is 13.2 Å². The van der Waals surface area contributed by atoms with Gasteiger partial charge in [-0.1, -0.05) is 19.9 Å². The number of alkyl halides is 3. The highest BCUT2D eigenvalue weighted by Crippen LogP contribution is 2.31. The largest absolute Gasteiger partial charge is 0.491 e. The van der Waals surface area contributed by atoms with Crippen LogP contribution in [0.15, 0.2) is 18.2 Å².